The van der Waals surface area contributed by atoms with E-state index >= 15 is 0 Å². The first kappa shape index (κ1) is 11.7. The molecule has 16 heavy (non-hydrogen) atoms. The molecule has 1 N–H and O–H groups in total. The first-order valence-corrected chi connectivity index (χ1v) is 6.17. The summed E-state index contributed by atoms with van der Waals surface area (Å²) < 4.78 is 5.24. The van der Waals surface area contributed by atoms with Gasteiger partial charge in [0.1, 0.15) is 5.60 Å². The van der Waals surface area contributed by atoms with Crippen molar-refractivity contribution in [1.82, 2.24) is 10.2 Å². The zero-order valence-corrected chi connectivity index (χ0v) is 10.5. The molecule has 92 valence electrons. The number of alkyl carbamates (subject to hydrolysis) is 1. The van der Waals surface area contributed by atoms with Gasteiger partial charge in [0.25, 0.3) is 0 Å². The maximum absolute atomic E-state index is 11.6. The first-order chi connectivity index (χ1) is 7.44. The molecule has 1 saturated carbocycles. The minimum atomic E-state index is -0.404. The average Bonchev–Trinajstić information content (AvgIpc) is 2.85. The quantitative estimate of drug-likeness (QED) is 0.780. The average molecular weight is 226 g/mol. The van der Waals surface area contributed by atoms with Gasteiger partial charge in [0.05, 0.1) is 0 Å². The number of ether oxygens (including phenoxy) is 1. The van der Waals surface area contributed by atoms with E-state index in [9.17, 15) is 4.79 Å². The van der Waals surface area contributed by atoms with E-state index in [2.05, 4.69) is 10.2 Å². The largest absolute Gasteiger partial charge is 0.444 e. The van der Waals surface area contributed by atoms with E-state index in [1.807, 2.05) is 20.8 Å². The van der Waals surface area contributed by atoms with Crippen molar-refractivity contribution in [2.24, 2.45) is 0 Å². The number of amides is 1. The lowest BCUT2D eigenvalue weighted by atomic mass is 10.2. The van der Waals surface area contributed by atoms with Crippen LogP contribution < -0.4 is 5.32 Å². The number of hydrogen-bond acceptors (Lipinski definition) is 3. The van der Waals surface area contributed by atoms with Crippen molar-refractivity contribution in [3.8, 4) is 0 Å². The van der Waals surface area contributed by atoms with E-state index < -0.39 is 5.60 Å². The fourth-order valence-corrected chi connectivity index (χ4v) is 2.15. The lowest BCUT2D eigenvalue weighted by Crippen LogP contribution is -2.40. The SMILES string of the molecule is CC(C)(C)OC(=O)N[C@H]1CCN(C2CC2)C1. The molecule has 0 aromatic carbocycles. The van der Waals surface area contributed by atoms with Gasteiger partial charge in [0.2, 0.25) is 0 Å². The summed E-state index contributed by atoms with van der Waals surface area (Å²) in [6, 6.07) is 1.07. The first-order valence-electron chi connectivity index (χ1n) is 6.17. The van der Waals surface area contributed by atoms with E-state index in [-0.39, 0.29) is 12.1 Å². The van der Waals surface area contributed by atoms with Gasteiger partial charge in [-0.05, 0) is 40.0 Å². The number of hydrogen-bond donors (Lipinski definition) is 1. The molecule has 1 atom stereocenters. The molecule has 1 amide bonds. The molecule has 2 fully saturated rings. The van der Waals surface area contributed by atoms with Crippen LogP contribution in [0.3, 0.4) is 0 Å². The predicted molar refractivity (Wildman–Crippen MR) is 62.4 cm³/mol. The van der Waals surface area contributed by atoms with Crippen LogP contribution in [0.4, 0.5) is 4.79 Å². The molecule has 2 rings (SSSR count). The molecule has 2 aliphatic rings. The van der Waals surface area contributed by atoms with Crippen LogP contribution in [0.2, 0.25) is 0 Å². The molecule has 0 spiro atoms. The van der Waals surface area contributed by atoms with E-state index in [1.165, 1.54) is 12.8 Å². The minimum absolute atomic E-state index is 0.274. The highest BCUT2D eigenvalue weighted by Gasteiger charge is 2.35. The van der Waals surface area contributed by atoms with Crippen LogP contribution >= 0.6 is 0 Å². The van der Waals surface area contributed by atoms with Crippen LogP contribution in [0.1, 0.15) is 40.0 Å². The van der Waals surface area contributed by atoms with Gasteiger partial charge in [-0.2, -0.15) is 0 Å². The third kappa shape index (κ3) is 3.37. The van der Waals surface area contributed by atoms with Crippen molar-refractivity contribution in [2.45, 2.75) is 57.7 Å². The second-order valence-electron chi connectivity index (χ2n) is 5.86. The molecule has 0 aromatic rings. The van der Waals surface area contributed by atoms with Crippen LogP contribution in [0.5, 0.6) is 0 Å². The zero-order chi connectivity index (χ0) is 11.8. The van der Waals surface area contributed by atoms with E-state index in [0.29, 0.717) is 0 Å². The Morgan fingerprint density at radius 3 is 2.56 bits per heavy atom. The second-order valence-corrected chi connectivity index (χ2v) is 5.86. The van der Waals surface area contributed by atoms with Crippen LogP contribution in [0.25, 0.3) is 0 Å². The van der Waals surface area contributed by atoms with E-state index in [4.69, 9.17) is 4.74 Å². The monoisotopic (exact) mass is 226 g/mol. The number of likely N-dealkylation sites (tertiary alicyclic amines) is 1. The maximum Gasteiger partial charge on any atom is 0.407 e. The number of nitrogens with zero attached hydrogens (tertiary/aromatic N) is 1. The molecule has 0 radical (unpaired) electrons. The summed E-state index contributed by atoms with van der Waals surface area (Å²) in [4.78, 5) is 14.0. The highest BCUT2D eigenvalue weighted by molar-refractivity contribution is 5.68. The smallest absolute Gasteiger partial charge is 0.407 e. The fourth-order valence-electron chi connectivity index (χ4n) is 2.15. The highest BCUT2D eigenvalue weighted by atomic mass is 16.6. The Morgan fingerprint density at radius 1 is 1.31 bits per heavy atom. The molecule has 1 aliphatic heterocycles. The van der Waals surface area contributed by atoms with Gasteiger partial charge < -0.3 is 10.1 Å². The van der Waals surface area contributed by atoms with Gasteiger partial charge in [-0.25, -0.2) is 4.79 Å². The third-order valence-electron chi connectivity index (χ3n) is 3.00. The van der Waals surface area contributed by atoms with E-state index in [0.717, 1.165) is 25.6 Å². The van der Waals surface area contributed by atoms with Crippen molar-refractivity contribution >= 4 is 6.09 Å². The Morgan fingerprint density at radius 2 is 2.00 bits per heavy atom. The third-order valence-corrected chi connectivity index (χ3v) is 3.00. The summed E-state index contributed by atoms with van der Waals surface area (Å²) in [6.07, 6.45) is 3.43. The lowest BCUT2D eigenvalue weighted by molar-refractivity contribution is 0.0505. The number of carbonyl (C=O) groups excluding carboxylic acids is 1. The Hall–Kier alpha value is -0.770. The number of rotatable bonds is 2. The van der Waals surface area contributed by atoms with Crippen molar-refractivity contribution in [3.05, 3.63) is 0 Å². The lowest BCUT2D eigenvalue weighted by Gasteiger charge is -2.22. The van der Waals surface area contributed by atoms with Gasteiger partial charge in [-0.3, -0.25) is 4.90 Å². The number of nitrogens with one attached hydrogen (secondary N) is 1. The Labute approximate surface area is 97.3 Å². The Bertz CT molecular complexity index is 269. The molecule has 1 saturated heterocycles. The van der Waals surface area contributed by atoms with Gasteiger partial charge in [-0.15, -0.1) is 0 Å². The van der Waals surface area contributed by atoms with Crippen molar-refractivity contribution in [2.75, 3.05) is 13.1 Å². The topological polar surface area (TPSA) is 41.6 Å². The maximum atomic E-state index is 11.6. The Balaban J connectivity index is 1.71. The van der Waals surface area contributed by atoms with Crippen molar-refractivity contribution in [1.29, 1.82) is 0 Å². The fraction of sp³-hybridized carbons (Fsp3) is 0.917. The molecule has 1 heterocycles. The Kier molecular flexibility index (Phi) is 3.10. The van der Waals surface area contributed by atoms with Crippen LogP contribution in [0, 0.1) is 0 Å². The molecular formula is C12H22N2O2. The number of carbonyl (C=O) groups is 1. The van der Waals surface area contributed by atoms with Crippen LogP contribution in [-0.4, -0.2) is 41.8 Å². The summed E-state index contributed by atoms with van der Waals surface area (Å²) >= 11 is 0. The van der Waals surface area contributed by atoms with Gasteiger partial charge in [0.15, 0.2) is 0 Å². The normalized spacial score (nSPS) is 26.8. The summed E-state index contributed by atoms with van der Waals surface area (Å²) in [7, 11) is 0. The summed E-state index contributed by atoms with van der Waals surface area (Å²) in [5.41, 5.74) is -0.404. The van der Waals surface area contributed by atoms with Gasteiger partial charge in [-0.1, -0.05) is 0 Å². The predicted octanol–water partition coefficient (Wildman–Crippen LogP) is 1.75. The summed E-state index contributed by atoms with van der Waals surface area (Å²) in [5, 5.41) is 2.95. The summed E-state index contributed by atoms with van der Waals surface area (Å²) in [5.74, 6) is 0. The van der Waals surface area contributed by atoms with Crippen molar-refractivity contribution in [3.63, 3.8) is 0 Å². The highest BCUT2D eigenvalue weighted by Crippen LogP contribution is 2.29. The van der Waals surface area contributed by atoms with Crippen molar-refractivity contribution < 1.29 is 9.53 Å². The molecule has 0 bridgehead atoms. The minimum Gasteiger partial charge on any atom is -0.444 e. The zero-order valence-electron chi connectivity index (χ0n) is 10.5. The second kappa shape index (κ2) is 4.24. The summed E-state index contributed by atoms with van der Waals surface area (Å²) in [6.45, 7) is 7.77. The van der Waals surface area contributed by atoms with Gasteiger partial charge in [0, 0.05) is 25.2 Å². The van der Waals surface area contributed by atoms with Crippen LogP contribution in [0.15, 0.2) is 0 Å². The molecular weight excluding hydrogens is 204 g/mol. The molecule has 1 aliphatic carbocycles. The van der Waals surface area contributed by atoms with Gasteiger partial charge >= 0.3 is 6.09 Å². The standard InChI is InChI=1S/C12H22N2O2/c1-12(2,3)16-11(15)13-9-6-7-14(8-9)10-4-5-10/h9-10H,4-8H2,1-3H3,(H,13,15)/t9-/m0/s1. The van der Waals surface area contributed by atoms with E-state index in [1.54, 1.807) is 0 Å². The molecule has 4 heteroatoms. The molecule has 0 aromatic heterocycles. The molecule has 0 unspecified atom stereocenters. The van der Waals surface area contributed by atoms with Crippen LogP contribution in [-0.2, 0) is 4.74 Å². The molecule has 4 nitrogen and oxygen atoms in total.